The molecule has 30 heavy (non-hydrogen) atoms. The van der Waals surface area contributed by atoms with Gasteiger partial charge in [-0.1, -0.05) is 42.5 Å². The van der Waals surface area contributed by atoms with E-state index in [1.807, 2.05) is 42.5 Å². The molecule has 2 aliphatic heterocycles. The summed E-state index contributed by atoms with van der Waals surface area (Å²) < 4.78 is 5.77. The third-order valence-electron chi connectivity index (χ3n) is 5.65. The monoisotopic (exact) mass is 409 g/mol. The van der Waals surface area contributed by atoms with E-state index in [9.17, 15) is 14.7 Å². The van der Waals surface area contributed by atoms with Crippen LogP contribution in [0.2, 0.25) is 0 Å². The van der Waals surface area contributed by atoms with E-state index >= 15 is 0 Å². The molecule has 0 aromatic heterocycles. The molecule has 2 bridgehead atoms. The van der Waals surface area contributed by atoms with Crippen molar-refractivity contribution in [1.82, 2.24) is 10.6 Å². The first kappa shape index (κ1) is 20.4. The molecule has 2 amide bonds. The maximum Gasteiger partial charge on any atom is 0.309 e. The van der Waals surface area contributed by atoms with E-state index in [0.717, 1.165) is 28.8 Å². The van der Waals surface area contributed by atoms with Gasteiger partial charge in [0, 0.05) is 30.8 Å². The van der Waals surface area contributed by atoms with Crippen LogP contribution in [0.3, 0.4) is 0 Å². The van der Waals surface area contributed by atoms with Crippen molar-refractivity contribution in [2.45, 2.75) is 37.5 Å². The molecule has 0 unspecified atom stereocenters. The van der Waals surface area contributed by atoms with Gasteiger partial charge in [-0.25, -0.2) is 0 Å². The molecule has 2 aromatic carbocycles. The van der Waals surface area contributed by atoms with Crippen molar-refractivity contribution < 1.29 is 19.4 Å². The average molecular weight is 409 g/mol. The molecule has 2 aliphatic rings. The van der Waals surface area contributed by atoms with Gasteiger partial charge in [-0.15, -0.1) is 0 Å². The molecule has 7 heteroatoms. The minimum Gasteiger partial charge on any atom is -0.389 e. The zero-order chi connectivity index (χ0) is 20.9. The molecule has 0 saturated carbocycles. The first-order chi connectivity index (χ1) is 14.6. The van der Waals surface area contributed by atoms with Gasteiger partial charge in [-0.2, -0.15) is 0 Å². The van der Waals surface area contributed by atoms with Gasteiger partial charge in [-0.05, 0) is 30.0 Å². The number of hydrogen-bond acceptors (Lipinski definition) is 5. The van der Waals surface area contributed by atoms with Crippen molar-refractivity contribution in [2.75, 3.05) is 25.0 Å². The van der Waals surface area contributed by atoms with E-state index < -0.39 is 17.9 Å². The lowest BCUT2D eigenvalue weighted by Gasteiger charge is -2.40. The Hall–Kier alpha value is -2.90. The summed E-state index contributed by atoms with van der Waals surface area (Å²) in [7, 11) is 0. The third kappa shape index (κ3) is 4.80. The Balaban J connectivity index is 1.22. The summed E-state index contributed by atoms with van der Waals surface area (Å²) in [5.74, 6) is -1.23. The summed E-state index contributed by atoms with van der Waals surface area (Å²) in [6, 6.07) is 15.9. The minimum atomic E-state index is -0.616. The lowest BCUT2D eigenvalue weighted by atomic mass is 9.89. The van der Waals surface area contributed by atoms with Crippen LogP contribution in [0.15, 0.2) is 48.5 Å². The van der Waals surface area contributed by atoms with Gasteiger partial charge in [0.1, 0.15) is 0 Å². The van der Waals surface area contributed by atoms with Crippen LogP contribution in [0.5, 0.6) is 0 Å². The molecule has 0 aliphatic carbocycles. The van der Waals surface area contributed by atoms with Crippen LogP contribution < -0.4 is 16.0 Å². The Morgan fingerprint density at radius 2 is 1.70 bits per heavy atom. The standard InChI is InChI=1S/C23H27N3O4/c27-20-14-30-21-13-19(20)26-18-7-6-16(12-17(18)21)9-11-25-23(29)22(28)24-10-8-15-4-2-1-3-5-15/h1-7,12,19-21,26-27H,8-11,13-14H2,(H,24,28)(H,25,29)/t19-,20+,21+/m0/s1. The van der Waals surface area contributed by atoms with Crippen LogP contribution >= 0.6 is 0 Å². The summed E-state index contributed by atoms with van der Waals surface area (Å²) >= 11 is 0. The van der Waals surface area contributed by atoms with Gasteiger partial charge in [0.15, 0.2) is 0 Å². The molecule has 1 saturated heterocycles. The Labute approximate surface area is 175 Å². The number of hydrogen-bond donors (Lipinski definition) is 4. The van der Waals surface area contributed by atoms with Crippen LogP contribution in [0.4, 0.5) is 5.69 Å². The molecule has 2 heterocycles. The lowest BCUT2D eigenvalue weighted by molar-refractivity contribution is -0.139. The number of benzene rings is 2. The number of nitrogens with one attached hydrogen (secondary N) is 3. The number of rotatable bonds is 6. The second kappa shape index (κ2) is 9.28. The summed E-state index contributed by atoms with van der Waals surface area (Å²) in [5.41, 5.74) is 4.25. The topological polar surface area (TPSA) is 99.7 Å². The highest BCUT2D eigenvalue weighted by molar-refractivity contribution is 6.35. The zero-order valence-electron chi connectivity index (χ0n) is 16.8. The SMILES string of the molecule is O=C(NCCc1ccccc1)C(=O)NCCc1ccc2c(c1)[C@H]1C[C@H](N2)[C@H](O)CO1. The number of amides is 2. The van der Waals surface area contributed by atoms with E-state index in [4.69, 9.17) is 4.74 Å². The molecule has 4 N–H and O–H groups in total. The fraction of sp³-hybridized carbons (Fsp3) is 0.391. The molecule has 4 rings (SSSR count). The minimum absolute atomic E-state index is 0.0143. The number of anilines is 1. The van der Waals surface area contributed by atoms with Gasteiger partial charge in [-0.3, -0.25) is 9.59 Å². The van der Waals surface area contributed by atoms with Gasteiger partial charge < -0.3 is 25.8 Å². The van der Waals surface area contributed by atoms with E-state index in [1.165, 1.54) is 0 Å². The molecular weight excluding hydrogens is 382 g/mol. The molecule has 0 spiro atoms. The van der Waals surface area contributed by atoms with Gasteiger partial charge in [0.25, 0.3) is 0 Å². The van der Waals surface area contributed by atoms with Crippen LogP contribution in [-0.4, -0.2) is 48.8 Å². The normalized spacial score (nSPS) is 21.8. The van der Waals surface area contributed by atoms with Crippen molar-refractivity contribution in [2.24, 2.45) is 0 Å². The van der Waals surface area contributed by atoms with Gasteiger partial charge in [0.2, 0.25) is 0 Å². The Morgan fingerprint density at radius 1 is 1.00 bits per heavy atom. The molecule has 7 nitrogen and oxygen atoms in total. The highest BCUT2D eigenvalue weighted by atomic mass is 16.5. The van der Waals surface area contributed by atoms with Crippen LogP contribution in [0.25, 0.3) is 0 Å². The molecular formula is C23H27N3O4. The second-order valence-electron chi connectivity index (χ2n) is 7.79. The smallest absolute Gasteiger partial charge is 0.309 e. The number of ether oxygens (including phenoxy) is 1. The first-order valence-electron chi connectivity index (χ1n) is 10.4. The quantitative estimate of drug-likeness (QED) is 0.540. The summed E-state index contributed by atoms with van der Waals surface area (Å²) in [5, 5.41) is 18.7. The molecule has 1 fully saturated rings. The Morgan fingerprint density at radius 3 is 2.43 bits per heavy atom. The van der Waals surface area contributed by atoms with Crippen LogP contribution in [0, 0.1) is 0 Å². The van der Waals surface area contributed by atoms with Crippen molar-refractivity contribution in [1.29, 1.82) is 0 Å². The molecule has 158 valence electrons. The highest BCUT2D eigenvalue weighted by Gasteiger charge is 2.36. The van der Waals surface area contributed by atoms with Crippen molar-refractivity contribution in [3.05, 3.63) is 65.2 Å². The van der Waals surface area contributed by atoms with E-state index in [0.29, 0.717) is 32.5 Å². The predicted octanol–water partition coefficient (Wildman–Crippen LogP) is 1.32. The number of aliphatic hydroxyl groups is 1. The summed E-state index contributed by atoms with van der Waals surface area (Å²) in [6.07, 6.45) is 1.55. The summed E-state index contributed by atoms with van der Waals surface area (Å²) in [4.78, 5) is 23.9. The first-order valence-corrected chi connectivity index (χ1v) is 10.4. The van der Waals surface area contributed by atoms with Crippen LogP contribution in [0.1, 0.15) is 29.2 Å². The zero-order valence-corrected chi connectivity index (χ0v) is 16.8. The molecule has 2 aromatic rings. The van der Waals surface area contributed by atoms with Gasteiger partial charge >= 0.3 is 11.8 Å². The van der Waals surface area contributed by atoms with Gasteiger partial charge in [0.05, 0.1) is 24.9 Å². The third-order valence-corrected chi connectivity index (χ3v) is 5.65. The van der Waals surface area contributed by atoms with Crippen molar-refractivity contribution >= 4 is 17.5 Å². The van der Waals surface area contributed by atoms with E-state index in [2.05, 4.69) is 22.0 Å². The molecule has 3 atom stereocenters. The number of fused-ring (bicyclic) bond motifs is 4. The maximum atomic E-state index is 12.0. The van der Waals surface area contributed by atoms with Crippen molar-refractivity contribution in [3.8, 4) is 0 Å². The summed E-state index contributed by atoms with van der Waals surface area (Å²) in [6.45, 7) is 1.14. The number of aliphatic hydroxyl groups excluding tert-OH is 1. The van der Waals surface area contributed by atoms with E-state index in [-0.39, 0.29) is 12.1 Å². The second-order valence-corrected chi connectivity index (χ2v) is 7.79. The van der Waals surface area contributed by atoms with E-state index in [1.54, 1.807) is 0 Å². The van der Waals surface area contributed by atoms with Crippen molar-refractivity contribution in [3.63, 3.8) is 0 Å². The fourth-order valence-electron chi connectivity index (χ4n) is 3.97. The largest absolute Gasteiger partial charge is 0.389 e. The maximum absolute atomic E-state index is 12.0. The number of carbonyl (C=O) groups excluding carboxylic acids is 2. The Kier molecular flexibility index (Phi) is 6.30. The molecule has 0 radical (unpaired) electrons. The highest BCUT2D eigenvalue weighted by Crippen LogP contribution is 2.39. The predicted molar refractivity (Wildman–Crippen MR) is 113 cm³/mol. The van der Waals surface area contributed by atoms with Crippen LogP contribution in [-0.2, 0) is 27.2 Å². The Bertz CT molecular complexity index is 903. The average Bonchev–Trinajstić information content (AvgIpc) is 2.77. The fourth-order valence-corrected chi connectivity index (χ4v) is 3.97. The number of carbonyl (C=O) groups is 2. The lowest BCUT2D eigenvalue weighted by Crippen LogP contribution is -2.46.